The second-order valence-electron chi connectivity index (χ2n) is 4.62. The van der Waals surface area contributed by atoms with Crippen LogP contribution in [-0.4, -0.2) is 16.3 Å². The minimum atomic E-state index is 0.371. The summed E-state index contributed by atoms with van der Waals surface area (Å²) in [5, 5.41) is 7.78. The quantitative estimate of drug-likeness (QED) is 0.883. The fourth-order valence-electron chi connectivity index (χ4n) is 2.31. The number of nitrogens with zero attached hydrogens (tertiary/aromatic N) is 2. The van der Waals surface area contributed by atoms with Gasteiger partial charge in [-0.2, -0.15) is 5.10 Å². The summed E-state index contributed by atoms with van der Waals surface area (Å²) in [4.78, 5) is 0. The van der Waals surface area contributed by atoms with Crippen LogP contribution in [0.2, 0.25) is 0 Å². The maximum atomic E-state index is 4.22. The molecule has 0 saturated carbocycles. The molecule has 0 saturated heterocycles. The Kier molecular flexibility index (Phi) is 5.16. The Morgan fingerprint density at radius 3 is 2.74 bits per heavy atom. The van der Waals surface area contributed by atoms with Gasteiger partial charge in [-0.25, -0.2) is 0 Å². The highest BCUT2D eigenvalue weighted by molar-refractivity contribution is 9.10. The van der Waals surface area contributed by atoms with E-state index < -0.39 is 0 Å². The lowest BCUT2D eigenvalue weighted by molar-refractivity contribution is 0.504. The number of halogens is 1. The maximum absolute atomic E-state index is 4.22. The van der Waals surface area contributed by atoms with Crippen LogP contribution < -0.4 is 5.32 Å². The van der Waals surface area contributed by atoms with Gasteiger partial charge in [-0.3, -0.25) is 4.68 Å². The van der Waals surface area contributed by atoms with Crippen LogP contribution >= 0.6 is 15.9 Å². The minimum Gasteiger partial charge on any atom is -0.310 e. The van der Waals surface area contributed by atoms with Crippen molar-refractivity contribution in [2.75, 3.05) is 6.54 Å². The fourth-order valence-corrected chi connectivity index (χ4v) is 2.87. The van der Waals surface area contributed by atoms with E-state index in [0.29, 0.717) is 6.04 Å². The average Bonchev–Trinajstić information content (AvgIpc) is 2.81. The van der Waals surface area contributed by atoms with Crippen molar-refractivity contribution in [1.82, 2.24) is 15.1 Å². The van der Waals surface area contributed by atoms with E-state index in [1.165, 1.54) is 15.7 Å². The van der Waals surface area contributed by atoms with Crippen LogP contribution in [0, 0.1) is 0 Å². The van der Waals surface area contributed by atoms with E-state index in [1.807, 2.05) is 17.9 Å². The Bertz CT molecular complexity index is 522. The first-order valence-corrected chi connectivity index (χ1v) is 7.46. The smallest absolute Gasteiger partial charge is 0.0492 e. The molecule has 1 heterocycles. The van der Waals surface area contributed by atoms with Gasteiger partial charge >= 0.3 is 0 Å². The number of hydrogen-bond acceptors (Lipinski definition) is 2. The number of hydrogen-bond donors (Lipinski definition) is 1. The number of aryl methyl sites for hydroxylation is 2. The summed E-state index contributed by atoms with van der Waals surface area (Å²) in [7, 11) is 2.00. The average molecular weight is 322 g/mol. The lowest BCUT2D eigenvalue weighted by atomic mass is 10.0. The van der Waals surface area contributed by atoms with Gasteiger partial charge in [0.05, 0.1) is 0 Å². The van der Waals surface area contributed by atoms with Gasteiger partial charge in [-0.15, -0.1) is 0 Å². The van der Waals surface area contributed by atoms with Crippen LogP contribution in [-0.2, 0) is 13.5 Å². The molecule has 0 spiro atoms. The summed E-state index contributed by atoms with van der Waals surface area (Å²) in [5.74, 6) is 0. The molecule has 2 aromatic rings. The van der Waals surface area contributed by atoms with Crippen molar-refractivity contribution in [2.45, 2.75) is 25.8 Å². The van der Waals surface area contributed by atoms with Crippen molar-refractivity contribution in [2.24, 2.45) is 7.05 Å². The van der Waals surface area contributed by atoms with Gasteiger partial charge in [0.15, 0.2) is 0 Å². The molecule has 1 aromatic heterocycles. The summed E-state index contributed by atoms with van der Waals surface area (Å²) >= 11 is 3.64. The van der Waals surface area contributed by atoms with Crippen molar-refractivity contribution in [1.29, 1.82) is 0 Å². The summed E-state index contributed by atoms with van der Waals surface area (Å²) in [5.41, 5.74) is 2.60. The van der Waals surface area contributed by atoms with E-state index in [0.717, 1.165) is 19.4 Å². The zero-order valence-corrected chi connectivity index (χ0v) is 13.0. The molecule has 1 atom stereocenters. The number of benzene rings is 1. The Morgan fingerprint density at radius 2 is 2.11 bits per heavy atom. The van der Waals surface area contributed by atoms with Crippen molar-refractivity contribution >= 4 is 15.9 Å². The molecule has 19 heavy (non-hydrogen) atoms. The molecule has 3 nitrogen and oxygen atoms in total. The summed E-state index contributed by atoms with van der Waals surface area (Å²) in [6.07, 6.45) is 3.95. The highest BCUT2D eigenvalue weighted by Crippen LogP contribution is 2.26. The van der Waals surface area contributed by atoms with E-state index in [-0.39, 0.29) is 0 Å². The van der Waals surface area contributed by atoms with Crippen molar-refractivity contribution in [3.8, 4) is 0 Å². The third-order valence-corrected chi connectivity index (χ3v) is 4.06. The zero-order chi connectivity index (χ0) is 13.7. The highest BCUT2D eigenvalue weighted by atomic mass is 79.9. The molecular formula is C15H20BrN3. The molecule has 102 valence electrons. The molecule has 0 radical (unpaired) electrons. The molecule has 0 bridgehead atoms. The Hall–Kier alpha value is -1.13. The van der Waals surface area contributed by atoms with Gasteiger partial charge < -0.3 is 5.32 Å². The molecule has 0 aliphatic heterocycles. The summed E-state index contributed by atoms with van der Waals surface area (Å²) in [6, 6.07) is 10.9. The predicted molar refractivity (Wildman–Crippen MR) is 82.1 cm³/mol. The molecule has 1 N–H and O–H groups in total. The molecule has 0 fully saturated rings. The first-order valence-electron chi connectivity index (χ1n) is 6.67. The van der Waals surface area contributed by atoms with Crippen LogP contribution in [0.5, 0.6) is 0 Å². The van der Waals surface area contributed by atoms with Crippen molar-refractivity contribution in [3.05, 3.63) is 52.3 Å². The van der Waals surface area contributed by atoms with E-state index >= 15 is 0 Å². The van der Waals surface area contributed by atoms with Crippen LogP contribution in [0.15, 0.2) is 41.0 Å². The van der Waals surface area contributed by atoms with Gasteiger partial charge in [-0.1, -0.05) is 41.1 Å². The molecule has 4 heteroatoms. The molecule has 0 amide bonds. The Balaban J connectivity index is 2.09. The monoisotopic (exact) mass is 321 g/mol. The van der Waals surface area contributed by atoms with Gasteiger partial charge in [-0.05, 0) is 37.1 Å². The summed E-state index contributed by atoms with van der Waals surface area (Å²) < 4.78 is 3.12. The first-order chi connectivity index (χ1) is 9.22. The second kappa shape index (κ2) is 6.87. The van der Waals surface area contributed by atoms with Crippen LogP contribution in [0.25, 0.3) is 0 Å². The van der Waals surface area contributed by atoms with E-state index in [4.69, 9.17) is 0 Å². The molecule has 0 aliphatic rings. The first kappa shape index (κ1) is 14.3. The molecule has 0 aliphatic carbocycles. The van der Waals surface area contributed by atoms with Crippen LogP contribution in [0.3, 0.4) is 0 Å². The molecule has 2 rings (SSSR count). The molecular weight excluding hydrogens is 302 g/mol. The topological polar surface area (TPSA) is 29.9 Å². The normalized spacial score (nSPS) is 12.6. The number of aromatic nitrogens is 2. The van der Waals surface area contributed by atoms with E-state index in [2.05, 4.69) is 63.6 Å². The van der Waals surface area contributed by atoms with Gasteiger partial charge in [0.25, 0.3) is 0 Å². The van der Waals surface area contributed by atoms with Crippen molar-refractivity contribution in [3.63, 3.8) is 0 Å². The molecule has 1 unspecified atom stereocenters. The number of nitrogens with one attached hydrogen (secondary N) is 1. The largest absolute Gasteiger partial charge is 0.310 e. The van der Waals surface area contributed by atoms with Crippen LogP contribution in [0.4, 0.5) is 0 Å². The Labute approximate surface area is 123 Å². The minimum absolute atomic E-state index is 0.371. The van der Waals surface area contributed by atoms with Gasteiger partial charge in [0.1, 0.15) is 0 Å². The van der Waals surface area contributed by atoms with Gasteiger partial charge in [0.2, 0.25) is 0 Å². The third-order valence-electron chi connectivity index (χ3n) is 3.34. The van der Waals surface area contributed by atoms with Gasteiger partial charge in [0, 0.05) is 29.5 Å². The third kappa shape index (κ3) is 3.67. The SMILES string of the molecule is CCNC(CCc1ccnn1C)c1ccccc1Br. The molecule has 1 aromatic carbocycles. The standard InChI is InChI=1S/C15H20BrN3/c1-3-17-15(13-6-4-5-7-14(13)16)9-8-12-10-11-18-19(12)2/h4-7,10-11,15,17H,3,8-9H2,1-2H3. The number of rotatable bonds is 6. The fraction of sp³-hybridized carbons (Fsp3) is 0.400. The second-order valence-corrected chi connectivity index (χ2v) is 5.47. The highest BCUT2D eigenvalue weighted by Gasteiger charge is 2.13. The lowest BCUT2D eigenvalue weighted by Gasteiger charge is -2.19. The summed E-state index contributed by atoms with van der Waals surface area (Å²) in [6.45, 7) is 3.12. The van der Waals surface area contributed by atoms with Crippen LogP contribution in [0.1, 0.15) is 30.6 Å². The lowest BCUT2D eigenvalue weighted by Crippen LogP contribution is -2.22. The van der Waals surface area contributed by atoms with E-state index in [9.17, 15) is 0 Å². The zero-order valence-electron chi connectivity index (χ0n) is 11.4. The van der Waals surface area contributed by atoms with Crippen molar-refractivity contribution < 1.29 is 0 Å². The predicted octanol–water partition coefficient (Wildman–Crippen LogP) is 3.47. The Morgan fingerprint density at radius 1 is 1.32 bits per heavy atom. The van der Waals surface area contributed by atoms with E-state index in [1.54, 1.807) is 0 Å². The maximum Gasteiger partial charge on any atom is 0.0492 e.